The molecule has 0 bridgehead atoms. The summed E-state index contributed by atoms with van der Waals surface area (Å²) in [7, 11) is 1.46. The maximum Gasteiger partial charge on any atom is 0.393 e. The lowest BCUT2D eigenvalue weighted by Gasteiger charge is -2.25. The second-order valence-electron chi connectivity index (χ2n) is 4.52. The third kappa shape index (κ3) is 2.86. The molecule has 4 nitrogen and oxygen atoms in total. The van der Waals surface area contributed by atoms with Gasteiger partial charge in [-0.1, -0.05) is 0 Å². The van der Waals surface area contributed by atoms with Crippen LogP contribution in [0, 0.1) is 11.8 Å². The van der Waals surface area contributed by atoms with Crippen LogP contribution >= 0.6 is 0 Å². The van der Waals surface area contributed by atoms with Crippen LogP contribution in [0.1, 0.15) is 0 Å². The first-order valence-electron chi connectivity index (χ1n) is 5.86. The number of pyridine rings is 1. The van der Waals surface area contributed by atoms with Crippen LogP contribution in [0.3, 0.4) is 0 Å². The van der Waals surface area contributed by atoms with Crippen molar-refractivity contribution in [3.8, 4) is 0 Å². The highest BCUT2D eigenvalue weighted by Crippen LogP contribution is 2.35. The monoisotopic (exact) mass is 273 g/mol. The number of amides is 1. The predicted molar refractivity (Wildman–Crippen MR) is 63.6 cm³/mol. The van der Waals surface area contributed by atoms with Crippen LogP contribution in [0.15, 0.2) is 24.5 Å². The SMILES string of the molecule is CN(C(=O)[C@@H]1CNC[C@H]1C(F)(F)F)c1cccnc1. The minimum atomic E-state index is -4.36. The first-order valence-corrected chi connectivity index (χ1v) is 5.86. The second-order valence-corrected chi connectivity index (χ2v) is 4.52. The van der Waals surface area contributed by atoms with Gasteiger partial charge in [0.1, 0.15) is 0 Å². The molecule has 0 unspecified atom stereocenters. The molecule has 0 saturated carbocycles. The molecule has 1 aromatic heterocycles. The minimum Gasteiger partial charge on any atom is -0.315 e. The van der Waals surface area contributed by atoms with Gasteiger partial charge in [-0.2, -0.15) is 13.2 Å². The summed E-state index contributed by atoms with van der Waals surface area (Å²) < 4.78 is 38.4. The van der Waals surface area contributed by atoms with Crippen molar-refractivity contribution in [1.29, 1.82) is 0 Å². The molecule has 0 spiro atoms. The number of nitrogens with one attached hydrogen (secondary N) is 1. The van der Waals surface area contributed by atoms with E-state index < -0.39 is 23.9 Å². The van der Waals surface area contributed by atoms with Gasteiger partial charge in [0.05, 0.1) is 23.7 Å². The van der Waals surface area contributed by atoms with Gasteiger partial charge in [-0.3, -0.25) is 9.78 Å². The van der Waals surface area contributed by atoms with Gasteiger partial charge in [-0.25, -0.2) is 0 Å². The first kappa shape index (κ1) is 13.8. The number of carbonyl (C=O) groups is 1. The van der Waals surface area contributed by atoms with Gasteiger partial charge in [0, 0.05) is 26.3 Å². The Morgan fingerprint density at radius 2 is 2.21 bits per heavy atom. The molecular formula is C12H14F3N3O. The van der Waals surface area contributed by atoms with E-state index in [0.29, 0.717) is 5.69 Å². The molecule has 1 amide bonds. The molecule has 104 valence electrons. The number of carbonyl (C=O) groups excluding carboxylic acids is 1. The lowest BCUT2D eigenvalue weighted by molar-refractivity contribution is -0.181. The van der Waals surface area contributed by atoms with Crippen molar-refractivity contribution >= 4 is 11.6 Å². The van der Waals surface area contributed by atoms with Crippen LogP contribution < -0.4 is 10.2 Å². The molecule has 1 saturated heterocycles. The Hall–Kier alpha value is -1.63. The Balaban J connectivity index is 2.15. The maximum absolute atomic E-state index is 12.8. The fourth-order valence-corrected chi connectivity index (χ4v) is 2.21. The van der Waals surface area contributed by atoms with E-state index in [1.54, 1.807) is 12.1 Å². The van der Waals surface area contributed by atoms with E-state index in [4.69, 9.17) is 0 Å². The zero-order chi connectivity index (χ0) is 14.0. The number of rotatable bonds is 2. The molecule has 0 aliphatic carbocycles. The highest BCUT2D eigenvalue weighted by molar-refractivity contribution is 5.95. The van der Waals surface area contributed by atoms with E-state index in [9.17, 15) is 18.0 Å². The molecular weight excluding hydrogens is 259 g/mol. The number of nitrogens with zero attached hydrogens (tertiary/aromatic N) is 2. The number of anilines is 1. The van der Waals surface area contributed by atoms with E-state index in [0.717, 1.165) is 0 Å². The van der Waals surface area contributed by atoms with Crippen molar-refractivity contribution < 1.29 is 18.0 Å². The molecule has 2 rings (SSSR count). The Morgan fingerprint density at radius 3 is 2.79 bits per heavy atom. The molecule has 1 fully saturated rings. The number of hydrogen-bond donors (Lipinski definition) is 1. The van der Waals surface area contributed by atoms with Gasteiger partial charge >= 0.3 is 6.18 Å². The fraction of sp³-hybridized carbons (Fsp3) is 0.500. The Bertz CT molecular complexity index is 449. The van der Waals surface area contributed by atoms with Crippen molar-refractivity contribution in [2.75, 3.05) is 25.0 Å². The number of alkyl halides is 3. The van der Waals surface area contributed by atoms with Gasteiger partial charge < -0.3 is 10.2 Å². The average molecular weight is 273 g/mol. The zero-order valence-corrected chi connectivity index (χ0v) is 10.3. The predicted octanol–water partition coefficient (Wildman–Crippen LogP) is 1.44. The minimum absolute atomic E-state index is 0.0492. The van der Waals surface area contributed by atoms with Crippen molar-refractivity contribution in [2.45, 2.75) is 6.18 Å². The van der Waals surface area contributed by atoms with E-state index in [2.05, 4.69) is 10.3 Å². The second kappa shape index (κ2) is 5.16. The van der Waals surface area contributed by atoms with Crippen LogP contribution in [0.25, 0.3) is 0 Å². The Morgan fingerprint density at radius 1 is 1.47 bits per heavy atom. The molecule has 0 radical (unpaired) electrons. The largest absolute Gasteiger partial charge is 0.393 e. The summed E-state index contributed by atoms with van der Waals surface area (Å²) in [4.78, 5) is 17.2. The zero-order valence-electron chi connectivity index (χ0n) is 10.3. The fourth-order valence-electron chi connectivity index (χ4n) is 2.21. The summed E-state index contributed by atoms with van der Waals surface area (Å²) in [6, 6.07) is 3.27. The van der Waals surface area contributed by atoms with Crippen molar-refractivity contribution in [3.63, 3.8) is 0 Å². The summed E-state index contributed by atoms with van der Waals surface area (Å²) in [5.41, 5.74) is 0.486. The summed E-state index contributed by atoms with van der Waals surface area (Å²) in [6.07, 6.45) is -1.38. The third-order valence-corrected chi connectivity index (χ3v) is 3.32. The molecule has 1 aromatic rings. The van der Waals surface area contributed by atoms with Crippen LogP contribution in [-0.2, 0) is 4.79 Å². The van der Waals surface area contributed by atoms with E-state index in [1.165, 1.54) is 24.3 Å². The number of aromatic nitrogens is 1. The van der Waals surface area contributed by atoms with E-state index in [1.807, 2.05) is 0 Å². The standard InChI is InChI=1S/C12H14F3N3O/c1-18(8-3-2-4-16-5-8)11(19)9-6-17-7-10(9)12(13,14)15/h2-5,9-10,17H,6-7H2,1H3/t9-,10-/m1/s1. The summed E-state index contributed by atoms with van der Waals surface area (Å²) in [6.45, 7) is -0.158. The van der Waals surface area contributed by atoms with E-state index >= 15 is 0 Å². The Labute approximate surface area is 108 Å². The molecule has 19 heavy (non-hydrogen) atoms. The molecule has 7 heteroatoms. The Kier molecular flexibility index (Phi) is 3.75. The molecule has 0 aromatic carbocycles. The van der Waals surface area contributed by atoms with Gasteiger partial charge in [0.15, 0.2) is 0 Å². The quantitative estimate of drug-likeness (QED) is 0.887. The van der Waals surface area contributed by atoms with Gasteiger partial charge in [-0.05, 0) is 12.1 Å². The van der Waals surface area contributed by atoms with Crippen LogP contribution in [0.2, 0.25) is 0 Å². The maximum atomic E-state index is 12.8. The molecule has 1 N–H and O–H groups in total. The summed E-state index contributed by atoms with van der Waals surface area (Å²) in [5.74, 6) is -3.25. The van der Waals surface area contributed by atoms with Crippen LogP contribution in [0.5, 0.6) is 0 Å². The highest BCUT2D eigenvalue weighted by Gasteiger charge is 2.50. The number of halogens is 3. The van der Waals surface area contributed by atoms with Crippen molar-refractivity contribution in [2.24, 2.45) is 11.8 Å². The molecule has 2 heterocycles. The third-order valence-electron chi connectivity index (χ3n) is 3.32. The van der Waals surface area contributed by atoms with Gasteiger partial charge in [0.25, 0.3) is 0 Å². The van der Waals surface area contributed by atoms with Crippen molar-refractivity contribution in [3.05, 3.63) is 24.5 Å². The van der Waals surface area contributed by atoms with Crippen molar-refractivity contribution in [1.82, 2.24) is 10.3 Å². The van der Waals surface area contributed by atoms with Crippen LogP contribution in [0.4, 0.5) is 18.9 Å². The summed E-state index contributed by atoms with van der Waals surface area (Å²) >= 11 is 0. The van der Waals surface area contributed by atoms with Gasteiger partial charge in [-0.15, -0.1) is 0 Å². The molecule has 1 aliphatic rings. The highest BCUT2D eigenvalue weighted by atomic mass is 19.4. The smallest absolute Gasteiger partial charge is 0.315 e. The number of hydrogen-bond acceptors (Lipinski definition) is 3. The van der Waals surface area contributed by atoms with E-state index in [-0.39, 0.29) is 13.1 Å². The molecule has 1 aliphatic heterocycles. The van der Waals surface area contributed by atoms with Crippen LogP contribution in [-0.4, -0.2) is 37.2 Å². The molecule has 2 atom stereocenters. The topological polar surface area (TPSA) is 45.2 Å². The lowest BCUT2D eigenvalue weighted by Crippen LogP contribution is -2.41. The average Bonchev–Trinajstić information content (AvgIpc) is 2.87. The normalized spacial score (nSPS) is 23.4. The lowest BCUT2D eigenvalue weighted by atomic mass is 9.94. The summed E-state index contributed by atoms with van der Waals surface area (Å²) in [5, 5.41) is 2.63. The van der Waals surface area contributed by atoms with Gasteiger partial charge in [0.2, 0.25) is 5.91 Å². The first-order chi connectivity index (χ1) is 8.91.